The van der Waals surface area contributed by atoms with Crippen molar-refractivity contribution in [1.82, 2.24) is 0 Å². The van der Waals surface area contributed by atoms with Crippen molar-refractivity contribution >= 4 is 5.97 Å². The molecule has 1 aromatic rings. The number of para-hydroxylation sites is 1. The highest BCUT2D eigenvalue weighted by Crippen LogP contribution is 2.24. The molecule has 0 saturated carbocycles. The molecule has 5 atom stereocenters. The minimum absolute atomic E-state index is 0.144. The maximum absolute atomic E-state index is 11.9. The van der Waals surface area contributed by atoms with Gasteiger partial charge in [-0.3, -0.25) is 0 Å². The molecule has 0 amide bonds. The molecular formula is C13H16O8. The number of esters is 1. The molecular weight excluding hydrogens is 284 g/mol. The van der Waals surface area contributed by atoms with E-state index in [0.717, 1.165) is 0 Å². The summed E-state index contributed by atoms with van der Waals surface area (Å²) >= 11 is 0. The summed E-state index contributed by atoms with van der Waals surface area (Å²) in [4.78, 5) is 11.9. The summed E-state index contributed by atoms with van der Waals surface area (Å²) in [5.41, 5.74) is -0.144. The molecule has 0 aromatic heterocycles. The van der Waals surface area contributed by atoms with E-state index in [0.29, 0.717) is 0 Å². The van der Waals surface area contributed by atoms with Crippen LogP contribution in [-0.2, 0) is 9.47 Å². The number of carbonyl (C=O) groups is 1. The lowest BCUT2D eigenvalue weighted by Crippen LogP contribution is -2.59. The lowest BCUT2D eigenvalue weighted by Gasteiger charge is -2.39. The Kier molecular flexibility index (Phi) is 4.76. The molecule has 8 heteroatoms. The van der Waals surface area contributed by atoms with E-state index in [1.54, 1.807) is 0 Å². The number of phenolic OH excluding ortho intramolecular Hbond substituents is 1. The van der Waals surface area contributed by atoms with Gasteiger partial charge in [0, 0.05) is 0 Å². The SMILES string of the molecule is O=C(OC1O[C@H](CO)[C@H](O)[C@H](O)[C@H]1O)c1ccccc1O. The first kappa shape index (κ1) is 15.7. The van der Waals surface area contributed by atoms with Gasteiger partial charge < -0.3 is 35.0 Å². The van der Waals surface area contributed by atoms with Gasteiger partial charge in [-0.25, -0.2) is 4.79 Å². The number of ether oxygens (including phenoxy) is 2. The lowest BCUT2D eigenvalue weighted by molar-refractivity contribution is -0.285. The Morgan fingerprint density at radius 1 is 1.14 bits per heavy atom. The van der Waals surface area contributed by atoms with Crippen molar-refractivity contribution in [3.63, 3.8) is 0 Å². The Bertz CT molecular complexity index is 503. The van der Waals surface area contributed by atoms with Gasteiger partial charge in [0.15, 0.2) is 0 Å². The van der Waals surface area contributed by atoms with Crippen LogP contribution in [0.2, 0.25) is 0 Å². The highest BCUT2D eigenvalue weighted by molar-refractivity contribution is 5.92. The Balaban J connectivity index is 2.11. The average molecular weight is 300 g/mol. The molecule has 0 aliphatic carbocycles. The van der Waals surface area contributed by atoms with Crippen molar-refractivity contribution in [2.45, 2.75) is 30.7 Å². The molecule has 21 heavy (non-hydrogen) atoms. The van der Waals surface area contributed by atoms with Gasteiger partial charge in [-0.2, -0.15) is 0 Å². The summed E-state index contributed by atoms with van der Waals surface area (Å²) in [7, 11) is 0. The normalized spacial score (nSPS) is 32.7. The van der Waals surface area contributed by atoms with E-state index in [2.05, 4.69) is 0 Å². The van der Waals surface area contributed by atoms with Crippen LogP contribution in [0.5, 0.6) is 5.75 Å². The maximum Gasteiger partial charge on any atom is 0.344 e. The molecule has 1 fully saturated rings. The predicted octanol–water partition coefficient (Wildman–Crippen LogP) is -1.65. The quantitative estimate of drug-likeness (QED) is 0.419. The maximum atomic E-state index is 11.9. The van der Waals surface area contributed by atoms with E-state index in [1.165, 1.54) is 24.3 Å². The summed E-state index contributed by atoms with van der Waals surface area (Å²) in [6.45, 7) is -0.629. The number of aromatic hydroxyl groups is 1. The number of hydrogen-bond donors (Lipinski definition) is 5. The van der Waals surface area contributed by atoms with Gasteiger partial charge in [0.25, 0.3) is 0 Å². The van der Waals surface area contributed by atoms with Gasteiger partial charge >= 0.3 is 5.97 Å². The highest BCUT2D eigenvalue weighted by atomic mass is 16.7. The van der Waals surface area contributed by atoms with Gasteiger partial charge in [0.2, 0.25) is 6.29 Å². The van der Waals surface area contributed by atoms with Crippen LogP contribution in [0.4, 0.5) is 0 Å². The van der Waals surface area contributed by atoms with Crippen molar-refractivity contribution in [1.29, 1.82) is 0 Å². The zero-order valence-corrected chi connectivity index (χ0v) is 10.9. The van der Waals surface area contributed by atoms with E-state index in [-0.39, 0.29) is 11.3 Å². The number of benzene rings is 1. The van der Waals surface area contributed by atoms with Crippen molar-refractivity contribution in [2.24, 2.45) is 0 Å². The minimum Gasteiger partial charge on any atom is -0.507 e. The first-order chi connectivity index (χ1) is 9.95. The minimum atomic E-state index is -1.68. The third-order valence-corrected chi connectivity index (χ3v) is 3.20. The fraction of sp³-hybridized carbons (Fsp3) is 0.462. The summed E-state index contributed by atoms with van der Waals surface area (Å²) in [6, 6.07) is 5.61. The first-order valence-corrected chi connectivity index (χ1v) is 6.25. The molecule has 8 nitrogen and oxygen atoms in total. The Hall–Kier alpha value is -1.71. The smallest absolute Gasteiger partial charge is 0.344 e. The predicted molar refractivity (Wildman–Crippen MR) is 67.3 cm³/mol. The second kappa shape index (κ2) is 6.37. The standard InChI is InChI=1S/C13H16O8/c14-5-8-9(16)10(17)11(18)13(20-8)21-12(19)6-3-1-2-4-7(6)15/h1-4,8-11,13-18H,5H2/t8-,9+,10+,11-,13?/m1/s1. The number of carbonyl (C=O) groups excluding carboxylic acids is 1. The van der Waals surface area contributed by atoms with Gasteiger partial charge in [-0.1, -0.05) is 12.1 Å². The summed E-state index contributed by atoms with van der Waals surface area (Å²) in [5.74, 6) is -1.29. The van der Waals surface area contributed by atoms with Crippen LogP contribution < -0.4 is 0 Å². The van der Waals surface area contributed by atoms with Gasteiger partial charge in [0.1, 0.15) is 35.7 Å². The Morgan fingerprint density at radius 3 is 2.43 bits per heavy atom. The zero-order valence-electron chi connectivity index (χ0n) is 10.9. The summed E-state index contributed by atoms with van der Waals surface area (Å²) < 4.78 is 9.90. The largest absolute Gasteiger partial charge is 0.507 e. The molecule has 0 spiro atoms. The van der Waals surface area contributed by atoms with Crippen LogP contribution in [0, 0.1) is 0 Å². The first-order valence-electron chi connectivity index (χ1n) is 6.25. The molecule has 1 aliphatic heterocycles. The third kappa shape index (κ3) is 3.14. The molecule has 116 valence electrons. The number of rotatable bonds is 3. The number of phenols is 1. The van der Waals surface area contributed by atoms with E-state index >= 15 is 0 Å². The molecule has 1 unspecified atom stereocenters. The molecule has 2 rings (SSSR count). The van der Waals surface area contributed by atoms with Crippen molar-refractivity contribution < 1.29 is 39.8 Å². The van der Waals surface area contributed by atoms with Gasteiger partial charge in [0.05, 0.1) is 6.61 Å². The molecule has 5 N–H and O–H groups in total. The fourth-order valence-corrected chi connectivity index (χ4v) is 1.98. The molecule has 1 aromatic carbocycles. The second-order valence-corrected chi connectivity index (χ2v) is 4.62. The second-order valence-electron chi connectivity index (χ2n) is 4.62. The molecule has 1 aliphatic rings. The Morgan fingerprint density at radius 2 is 1.81 bits per heavy atom. The van der Waals surface area contributed by atoms with Crippen LogP contribution in [-0.4, -0.2) is 68.8 Å². The zero-order chi connectivity index (χ0) is 15.6. The van der Waals surface area contributed by atoms with Gasteiger partial charge in [-0.05, 0) is 12.1 Å². The summed E-state index contributed by atoms with van der Waals surface area (Å²) in [5, 5.41) is 47.5. The fourth-order valence-electron chi connectivity index (χ4n) is 1.98. The van der Waals surface area contributed by atoms with E-state index in [1.807, 2.05) is 0 Å². The van der Waals surface area contributed by atoms with Crippen LogP contribution in [0.3, 0.4) is 0 Å². The molecule has 1 saturated heterocycles. The molecule has 1 heterocycles. The van der Waals surface area contributed by atoms with Crippen LogP contribution >= 0.6 is 0 Å². The number of aliphatic hydroxyl groups is 4. The Labute approximate surface area is 119 Å². The van der Waals surface area contributed by atoms with Crippen molar-refractivity contribution in [3.05, 3.63) is 29.8 Å². The van der Waals surface area contributed by atoms with Crippen LogP contribution in [0.1, 0.15) is 10.4 Å². The lowest BCUT2D eigenvalue weighted by atomic mass is 9.99. The van der Waals surface area contributed by atoms with Gasteiger partial charge in [-0.15, -0.1) is 0 Å². The number of hydrogen-bond acceptors (Lipinski definition) is 8. The van der Waals surface area contributed by atoms with E-state index in [9.17, 15) is 25.2 Å². The topological polar surface area (TPSA) is 137 Å². The summed E-state index contributed by atoms with van der Waals surface area (Å²) in [6.07, 6.45) is -7.61. The third-order valence-electron chi connectivity index (χ3n) is 3.20. The average Bonchev–Trinajstić information content (AvgIpc) is 2.48. The van der Waals surface area contributed by atoms with E-state index < -0.39 is 43.3 Å². The molecule has 0 bridgehead atoms. The molecule has 0 radical (unpaired) electrons. The number of aliphatic hydroxyl groups excluding tert-OH is 4. The van der Waals surface area contributed by atoms with Crippen LogP contribution in [0.15, 0.2) is 24.3 Å². The van der Waals surface area contributed by atoms with E-state index in [4.69, 9.17) is 14.6 Å². The monoisotopic (exact) mass is 300 g/mol. The van der Waals surface area contributed by atoms with Crippen molar-refractivity contribution in [3.8, 4) is 5.75 Å². The van der Waals surface area contributed by atoms with Crippen LogP contribution in [0.25, 0.3) is 0 Å². The highest BCUT2D eigenvalue weighted by Gasteiger charge is 2.45. The van der Waals surface area contributed by atoms with Crippen molar-refractivity contribution in [2.75, 3.05) is 6.61 Å².